The van der Waals surface area contributed by atoms with Crippen LogP contribution in [0.25, 0.3) is 0 Å². The van der Waals surface area contributed by atoms with Crippen molar-refractivity contribution in [2.24, 2.45) is 7.05 Å². The molecule has 0 spiro atoms. The van der Waals surface area contributed by atoms with Crippen LogP contribution in [0.2, 0.25) is 0 Å². The van der Waals surface area contributed by atoms with Gasteiger partial charge in [0.25, 0.3) is 0 Å². The van der Waals surface area contributed by atoms with Gasteiger partial charge in [-0.3, -0.25) is 4.68 Å². The predicted molar refractivity (Wildman–Crippen MR) is 58.1 cm³/mol. The normalized spacial score (nSPS) is 13.1. The third-order valence-electron chi connectivity index (χ3n) is 1.81. The molecule has 5 nitrogen and oxygen atoms in total. The van der Waals surface area contributed by atoms with E-state index in [1.54, 1.807) is 14.0 Å². The van der Waals surface area contributed by atoms with Gasteiger partial charge in [-0.05, 0) is 12.5 Å². The van der Waals surface area contributed by atoms with Crippen LogP contribution in [0.15, 0.2) is 17.3 Å². The van der Waals surface area contributed by atoms with Crippen LogP contribution < -0.4 is 0 Å². The summed E-state index contributed by atoms with van der Waals surface area (Å²) in [6.07, 6.45) is 1.44. The highest BCUT2D eigenvalue weighted by atomic mass is 35.5. The SMILES string of the molecule is C/C(=C\Cl)CS(=O)(=O)Cc1cnnn1C. The first kappa shape index (κ1) is 12.2. The van der Waals surface area contributed by atoms with Crippen LogP contribution in [-0.4, -0.2) is 29.2 Å². The number of aromatic nitrogens is 3. The lowest BCUT2D eigenvalue weighted by atomic mass is 10.4. The Morgan fingerprint density at radius 1 is 1.67 bits per heavy atom. The quantitative estimate of drug-likeness (QED) is 0.794. The molecular formula is C8H12ClN3O2S. The summed E-state index contributed by atoms with van der Waals surface area (Å²) in [5.41, 5.74) is 2.46. The second-order valence-corrected chi connectivity index (χ2v) is 5.62. The zero-order valence-corrected chi connectivity index (χ0v) is 10.1. The van der Waals surface area contributed by atoms with E-state index < -0.39 is 9.84 Å². The maximum atomic E-state index is 11.7. The van der Waals surface area contributed by atoms with E-state index in [4.69, 9.17) is 11.6 Å². The molecule has 1 rings (SSSR count). The zero-order valence-electron chi connectivity index (χ0n) is 8.51. The minimum absolute atomic E-state index is 0.0400. The number of aryl methyl sites for hydroxylation is 1. The smallest absolute Gasteiger partial charge is 0.159 e. The number of hydrogen-bond donors (Lipinski definition) is 0. The molecule has 0 aliphatic rings. The first-order valence-corrected chi connectivity index (χ1v) is 6.50. The monoisotopic (exact) mass is 249 g/mol. The third-order valence-corrected chi connectivity index (χ3v) is 3.81. The van der Waals surface area contributed by atoms with E-state index in [2.05, 4.69) is 10.3 Å². The van der Waals surface area contributed by atoms with Gasteiger partial charge in [-0.1, -0.05) is 16.8 Å². The van der Waals surface area contributed by atoms with Crippen molar-refractivity contribution in [3.05, 3.63) is 23.0 Å². The molecule has 0 bridgehead atoms. The fraction of sp³-hybridized carbons (Fsp3) is 0.500. The maximum absolute atomic E-state index is 11.7. The van der Waals surface area contributed by atoms with Crippen LogP contribution in [0.1, 0.15) is 12.6 Å². The molecular weight excluding hydrogens is 238 g/mol. The maximum Gasteiger partial charge on any atom is 0.159 e. The molecule has 0 saturated heterocycles. The van der Waals surface area contributed by atoms with Gasteiger partial charge in [-0.25, -0.2) is 8.42 Å². The molecule has 1 aromatic rings. The summed E-state index contributed by atoms with van der Waals surface area (Å²) in [6.45, 7) is 1.67. The van der Waals surface area contributed by atoms with Gasteiger partial charge in [0, 0.05) is 12.6 Å². The average molecular weight is 250 g/mol. The number of sulfone groups is 1. The number of hydrogen-bond acceptors (Lipinski definition) is 4. The molecule has 0 fully saturated rings. The Bertz CT molecular complexity index is 464. The van der Waals surface area contributed by atoms with Gasteiger partial charge in [0.05, 0.1) is 23.4 Å². The number of nitrogens with zero attached hydrogens (tertiary/aromatic N) is 3. The van der Waals surface area contributed by atoms with E-state index in [0.717, 1.165) is 0 Å². The van der Waals surface area contributed by atoms with Crippen molar-refractivity contribution in [1.82, 2.24) is 15.0 Å². The summed E-state index contributed by atoms with van der Waals surface area (Å²) >= 11 is 5.41. The minimum Gasteiger partial charge on any atom is -0.251 e. The largest absolute Gasteiger partial charge is 0.251 e. The Morgan fingerprint density at radius 2 is 2.33 bits per heavy atom. The van der Waals surface area contributed by atoms with Crippen LogP contribution in [-0.2, 0) is 22.6 Å². The van der Waals surface area contributed by atoms with Crippen molar-refractivity contribution in [2.45, 2.75) is 12.7 Å². The van der Waals surface area contributed by atoms with Crippen molar-refractivity contribution < 1.29 is 8.42 Å². The number of rotatable bonds is 4. The summed E-state index contributed by atoms with van der Waals surface area (Å²) in [4.78, 5) is 0. The van der Waals surface area contributed by atoms with Crippen LogP contribution in [0.4, 0.5) is 0 Å². The predicted octanol–water partition coefficient (Wildman–Crippen LogP) is 0.873. The molecule has 7 heteroatoms. The lowest BCUT2D eigenvalue weighted by molar-refractivity contribution is 0.593. The Labute approximate surface area is 93.7 Å². The van der Waals surface area contributed by atoms with E-state index >= 15 is 0 Å². The van der Waals surface area contributed by atoms with Crippen LogP contribution in [0.3, 0.4) is 0 Å². The van der Waals surface area contributed by atoms with Crippen LogP contribution >= 0.6 is 11.6 Å². The summed E-state index contributed by atoms with van der Waals surface area (Å²) < 4.78 is 24.7. The molecule has 0 unspecified atom stereocenters. The van der Waals surface area contributed by atoms with Gasteiger partial charge in [0.2, 0.25) is 0 Å². The minimum atomic E-state index is -3.19. The standard InChI is InChI=1S/C8H12ClN3O2S/c1-7(3-9)5-15(13,14)6-8-4-10-11-12(8)2/h3-4H,5-6H2,1-2H3/b7-3+. The molecule has 0 radical (unpaired) electrons. The topological polar surface area (TPSA) is 64.8 Å². The van der Waals surface area contributed by atoms with Crippen molar-refractivity contribution in [2.75, 3.05) is 5.75 Å². The first-order valence-electron chi connectivity index (χ1n) is 4.24. The highest BCUT2D eigenvalue weighted by molar-refractivity contribution is 7.90. The molecule has 1 aromatic heterocycles. The highest BCUT2D eigenvalue weighted by Gasteiger charge is 2.15. The first-order chi connectivity index (χ1) is 6.94. The Balaban J connectivity index is 2.78. The molecule has 0 aromatic carbocycles. The molecule has 1 heterocycles. The molecule has 0 N–H and O–H groups in total. The van der Waals surface area contributed by atoms with Gasteiger partial charge in [-0.2, -0.15) is 0 Å². The lowest BCUT2D eigenvalue weighted by Gasteiger charge is -2.03. The van der Waals surface area contributed by atoms with Gasteiger partial charge in [-0.15, -0.1) is 5.10 Å². The van der Waals surface area contributed by atoms with Gasteiger partial charge < -0.3 is 0 Å². The summed E-state index contributed by atoms with van der Waals surface area (Å²) in [5.74, 6) is -0.111. The van der Waals surface area contributed by atoms with Crippen LogP contribution in [0.5, 0.6) is 0 Å². The molecule has 15 heavy (non-hydrogen) atoms. The van der Waals surface area contributed by atoms with E-state index in [1.807, 2.05) is 0 Å². The Kier molecular flexibility index (Phi) is 3.87. The zero-order chi connectivity index (χ0) is 11.5. The fourth-order valence-corrected chi connectivity index (χ4v) is 2.86. The van der Waals surface area contributed by atoms with E-state index in [9.17, 15) is 8.42 Å². The molecule has 0 atom stereocenters. The summed E-state index contributed by atoms with van der Waals surface area (Å²) in [5, 5.41) is 7.27. The molecule has 0 amide bonds. The van der Waals surface area contributed by atoms with Gasteiger partial charge >= 0.3 is 0 Å². The number of halogens is 1. The highest BCUT2D eigenvalue weighted by Crippen LogP contribution is 2.08. The van der Waals surface area contributed by atoms with E-state index in [1.165, 1.54) is 16.4 Å². The molecule has 0 aliphatic heterocycles. The molecule has 84 valence electrons. The second-order valence-electron chi connectivity index (χ2n) is 3.34. The van der Waals surface area contributed by atoms with Crippen molar-refractivity contribution in [3.63, 3.8) is 0 Å². The lowest BCUT2D eigenvalue weighted by Crippen LogP contribution is -2.12. The van der Waals surface area contributed by atoms with E-state index in [-0.39, 0.29) is 11.5 Å². The van der Waals surface area contributed by atoms with Gasteiger partial charge in [0.15, 0.2) is 9.84 Å². The van der Waals surface area contributed by atoms with Crippen molar-refractivity contribution in [3.8, 4) is 0 Å². The van der Waals surface area contributed by atoms with Crippen molar-refractivity contribution in [1.29, 1.82) is 0 Å². The third kappa shape index (κ3) is 3.64. The molecule has 0 saturated carbocycles. The summed E-state index contributed by atoms with van der Waals surface area (Å²) in [7, 11) is -1.54. The Hall–Kier alpha value is -0.880. The summed E-state index contributed by atoms with van der Waals surface area (Å²) in [6, 6.07) is 0. The second kappa shape index (κ2) is 4.76. The van der Waals surface area contributed by atoms with Gasteiger partial charge in [0.1, 0.15) is 0 Å². The van der Waals surface area contributed by atoms with Crippen LogP contribution in [0, 0.1) is 0 Å². The Morgan fingerprint density at radius 3 is 2.80 bits per heavy atom. The molecule has 0 aliphatic carbocycles. The average Bonchev–Trinajstić information content (AvgIpc) is 2.50. The van der Waals surface area contributed by atoms with Crippen molar-refractivity contribution >= 4 is 21.4 Å². The van der Waals surface area contributed by atoms with E-state index in [0.29, 0.717) is 11.3 Å². The fourth-order valence-electron chi connectivity index (χ4n) is 1.10.